The Morgan fingerprint density at radius 1 is 1.14 bits per heavy atom. The van der Waals surface area contributed by atoms with Gasteiger partial charge in [0.05, 0.1) is 34.6 Å². The first-order valence-electron chi connectivity index (χ1n) is 11.8. The number of methoxy groups -OCH3 is 1. The maximum atomic E-state index is 12.8. The molecule has 1 aromatic carbocycles. The van der Waals surface area contributed by atoms with E-state index in [1.54, 1.807) is 25.4 Å². The van der Waals surface area contributed by atoms with Crippen molar-refractivity contribution >= 4 is 62.5 Å². The van der Waals surface area contributed by atoms with Crippen LogP contribution in [-0.2, 0) is 14.8 Å². The van der Waals surface area contributed by atoms with E-state index in [9.17, 15) is 13.2 Å². The number of aromatic nitrogens is 2. The van der Waals surface area contributed by atoms with Gasteiger partial charge in [0.15, 0.2) is 0 Å². The lowest BCUT2D eigenvalue weighted by Gasteiger charge is -2.24. The summed E-state index contributed by atoms with van der Waals surface area (Å²) in [5.74, 6) is 0.771. The summed E-state index contributed by atoms with van der Waals surface area (Å²) in [6, 6.07) is 10.5. The van der Waals surface area contributed by atoms with Crippen molar-refractivity contribution in [2.24, 2.45) is 0 Å². The van der Waals surface area contributed by atoms with Gasteiger partial charge in [0.2, 0.25) is 21.8 Å². The van der Waals surface area contributed by atoms with E-state index in [1.807, 2.05) is 18.2 Å². The lowest BCUT2D eigenvalue weighted by molar-refractivity contribution is -0.113. The predicted octanol–water partition coefficient (Wildman–Crippen LogP) is 2.60. The van der Waals surface area contributed by atoms with Crippen molar-refractivity contribution in [3.05, 3.63) is 42.6 Å². The second-order valence-corrected chi connectivity index (χ2v) is 11.4. The fourth-order valence-corrected chi connectivity index (χ4v) is 6.28. The van der Waals surface area contributed by atoms with Crippen LogP contribution in [0.25, 0.3) is 11.0 Å². The van der Waals surface area contributed by atoms with Gasteiger partial charge >= 0.3 is 0 Å². The van der Waals surface area contributed by atoms with E-state index in [2.05, 4.69) is 29.8 Å². The number of thioether (sulfide) groups is 1. The number of hydrogen-bond donors (Lipinski definition) is 2. The van der Waals surface area contributed by atoms with Crippen molar-refractivity contribution in [2.75, 3.05) is 62.3 Å². The van der Waals surface area contributed by atoms with Crippen molar-refractivity contribution in [1.29, 1.82) is 0 Å². The number of halogens is 1. The molecular weight excluding hydrogens is 536 g/mol. The van der Waals surface area contributed by atoms with Gasteiger partial charge in [-0.2, -0.15) is 0 Å². The molecule has 198 valence electrons. The normalized spacial score (nSPS) is 16.5. The Hall–Kier alpha value is -2.64. The number of pyridine rings is 2. The van der Waals surface area contributed by atoms with Crippen LogP contribution in [-0.4, -0.2) is 81.3 Å². The molecule has 10 nitrogen and oxygen atoms in total. The highest BCUT2D eigenvalue weighted by molar-refractivity contribution is 8.00. The molecule has 2 N–H and O–H groups in total. The van der Waals surface area contributed by atoms with E-state index in [4.69, 9.17) is 4.74 Å². The van der Waals surface area contributed by atoms with E-state index in [0.29, 0.717) is 30.4 Å². The van der Waals surface area contributed by atoms with Crippen molar-refractivity contribution < 1.29 is 17.9 Å². The average Bonchev–Trinajstić information content (AvgIpc) is 3.13. The maximum Gasteiger partial charge on any atom is 0.240 e. The molecule has 0 bridgehead atoms. The van der Waals surface area contributed by atoms with E-state index >= 15 is 0 Å². The minimum atomic E-state index is -3.68. The summed E-state index contributed by atoms with van der Waals surface area (Å²) in [5, 5.41) is 2.74. The highest BCUT2D eigenvalue weighted by Gasteiger charge is 2.22. The number of benzene rings is 1. The van der Waals surface area contributed by atoms with Crippen LogP contribution in [0.15, 0.2) is 52.4 Å². The van der Waals surface area contributed by atoms with Crippen LogP contribution in [0.5, 0.6) is 5.88 Å². The van der Waals surface area contributed by atoms with E-state index in [1.165, 1.54) is 17.8 Å². The molecule has 13 heteroatoms. The van der Waals surface area contributed by atoms with Crippen LogP contribution in [0.4, 0.5) is 11.4 Å². The Bertz CT molecular complexity index is 1390. The number of sulfonamides is 1. The molecule has 0 unspecified atom stereocenters. The van der Waals surface area contributed by atoms with Gasteiger partial charge in [-0.3, -0.25) is 9.78 Å². The number of amides is 1. The molecule has 1 saturated heterocycles. The topological polar surface area (TPSA) is 117 Å². The number of carbonyl (C=O) groups is 1. The number of carbonyl (C=O) groups excluding carboxylic acids is 1. The first-order valence-corrected chi connectivity index (χ1v) is 14.2. The smallest absolute Gasteiger partial charge is 0.240 e. The van der Waals surface area contributed by atoms with Gasteiger partial charge in [-0.1, -0.05) is 0 Å². The molecule has 0 radical (unpaired) electrons. The Balaban J connectivity index is 0.00000320. The zero-order chi connectivity index (χ0) is 25.1. The summed E-state index contributed by atoms with van der Waals surface area (Å²) >= 11 is 1.40. The lowest BCUT2D eigenvalue weighted by Crippen LogP contribution is -2.37. The molecule has 1 fully saturated rings. The quantitative estimate of drug-likeness (QED) is 0.446. The first-order chi connectivity index (χ1) is 17.4. The fraction of sp³-hybridized carbons (Fsp3) is 0.375. The maximum absolute atomic E-state index is 12.8. The highest BCUT2D eigenvalue weighted by Crippen LogP contribution is 2.33. The van der Waals surface area contributed by atoms with Gasteiger partial charge in [-0.25, -0.2) is 18.1 Å². The molecule has 0 atom stereocenters. The second kappa shape index (κ2) is 11.8. The number of nitrogens with zero attached hydrogens (tertiary/aromatic N) is 4. The fourth-order valence-electron chi connectivity index (χ4n) is 4.45. The number of ether oxygens (including phenoxy) is 1. The molecule has 2 aromatic heterocycles. The summed E-state index contributed by atoms with van der Waals surface area (Å²) in [7, 11) is -2.08. The molecule has 4 heterocycles. The van der Waals surface area contributed by atoms with Crippen LogP contribution in [0.1, 0.15) is 6.42 Å². The third-order valence-corrected chi connectivity index (χ3v) is 8.82. The standard InChI is InChI=1S/C24H28N6O4S2.ClH/c1-34-23-6-4-18-24(28-23)20(7-8-25-18)30-11-2-10-29(13-14-30)12-9-26-36(32,33)17-3-5-21-19(15-17)27-22(31)16-35-21;/h3-8,15,26H,2,9-14,16H2,1H3,(H,27,31);1H. The molecule has 1 amide bonds. The zero-order valence-electron chi connectivity index (χ0n) is 20.3. The van der Waals surface area contributed by atoms with Gasteiger partial charge in [-0.15, -0.1) is 24.2 Å². The Morgan fingerprint density at radius 3 is 2.84 bits per heavy atom. The Morgan fingerprint density at radius 2 is 2.00 bits per heavy atom. The number of fused-ring (bicyclic) bond motifs is 2. The van der Waals surface area contributed by atoms with E-state index in [-0.39, 0.29) is 23.2 Å². The molecule has 0 aliphatic carbocycles. The first kappa shape index (κ1) is 27.4. The molecular formula is C24H29ClN6O4S2. The third kappa shape index (κ3) is 6.27. The SMILES string of the molecule is COc1ccc2nccc(N3CCCN(CCNS(=O)(=O)c4ccc5c(c4)NC(=O)CS5)CC3)c2n1.Cl. The predicted molar refractivity (Wildman–Crippen MR) is 148 cm³/mol. The lowest BCUT2D eigenvalue weighted by atomic mass is 10.2. The summed E-state index contributed by atoms with van der Waals surface area (Å²) in [4.78, 5) is 26.3. The molecule has 5 rings (SSSR count). The molecule has 37 heavy (non-hydrogen) atoms. The minimum absolute atomic E-state index is 0. The summed E-state index contributed by atoms with van der Waals surface area (Å²) in [5.41, 5.74) is 3.21. The van der Waals surface area contributed by atoms with E-state index in [0.717, 1.165) is 54.2 Å². The molecule has 0 spiro atoms. The average molecular weight is 565 g/mol. The Kier molecular flexibility index (Phi) is 8.75. The number of hydrogen-bond acceptors (Lipinski definition) is 9. The molecule has 3 aromatic rings. The van der Waals surface area contributed by atoms with Gasteiger partial charge in [-0.05, 0) is 43.3 Å². The molecule has 0 saturated carbocycles. The van der Waals surface area contributed by atoms with Crippen molar-refractivity contribution in [2.45, 2.75) is 16.2 Å². The minimum Gasteiger partial charge on any atom is -0.481 e. The largest absolute Gasteiger partial charge is 0.481 e. The highest BCUT2D eigenvalue weighted by atomic mass is 35.5. The van der Waals surface area contributed by atoms with Gasteiger partial charge < -0.3 is 19.9 Å². The van der Waals surface area contributed by atoms with Crippen molar-refractivity contribution in [1.82, 2.24) is 19.6 Å². The Labute approximate surface area is 226 Å². The number of anilines is 2. The summed E-state index contributed by atoms with van der Waals surface area (Å²) in [6.45, 7) is 4.26. The number of rotatable bonds is 7. The van der Waals surface area contributed by atoms with Gasteiger partial charge in [0.25, 0.3) is 0 Å². The van der Waals surface area contributed by atoms with Crippen molar-refractivity contribution in [3.63, 3.8) is 0 Å². The summed E-state index contributed by atoms with van der Waals surface area (Å²) < 4.78 is 33.7. The van der Waals surface area contributed by atoms with Crippen LogP contribution in [0.2, 0.25) is 0 Å². The molecule has 2 aliphatic rings. The van der Waals surface area contributed by atoms with Crippen LogP contribution >= 0.6 is 24.2 Å². The van der Waals surface area contributed by atoms with Crippen LogP contribution < -0.4 is 19.7 Å². The van der Waals surface area contributed by atoms with Crippen LogP contribution in [0.3, 0.4) is 0 Å². The number of nitrogens with one attached hydrogen (secondary N) is 2. The van der Waals surface area contributed by atoms with E-state index < -0.39 is 10.0 Å². The van der Waals surface area contributed by atoms with Crippen LogP contribution in [0, 0.1) is 0 Å². The zero-order valence-corrected chi connectivity index (χ0v) is 22.8. The molecule has 2 aliphatic heterocycles. The second-order valence-electron chi connectivity index (χ2n) is 8.63. The third-order valence-electron chi connectivity index (χ3n) is 6.29. The van der Waals surface area contributed by atoms with Gasteiger partial charge in [0, 0.05) is 49.9 Å². The van der Waals surface area contributed by atoms with Gasteiger partial charge in [0.1, 0.15) is 5.52 Å². The summed E-state index contributed by atoms with van der Waals surface area (Å²) in [6.07, 6.45) is 2.75. The van der Waals surface area contributed by atoms with Crippen molar-refractivity contribution in [3.8, 4) is 5.88 Å². The monoisotopic (exact) mass is 564 g/mol.